The van der Waals surface area contributed by atoms with Gasteiger partial charge < -0.3 is 0 Å². The van der Waals surface area contributed by atoms with Crippen LogP contribution in [0.3, 0.4) is 0 Å². The molecule has 0 radical (unpaired) electrons. The van der Waals surface area contributed by atoms with Crippen molar-refractivity contribution in [3.05, 3.63) is 0 Å². The zero-order valence-electron chi connectivity index (χ0n) is 10.2. The van der Waals surface area contributed by atoms with E-state index in [0.29, 0.717) is 0 Å². The number of nitrogens with one attached hydrogen (secondary N) is 1. The fourth-order valence-electron chi connectivity index (χ4n) is 1.49. The monoisotopic (exact) mass is 236 g/mol. The van der Waals surface area contributed by atoms with Crippen LogP contribution in [-0.2, 0) is 9.84 Å². The van der Waals surface area contributed by atoms with Crippen LogP contribution in [0.4, 0.5) is 0 Å². The highest BCUT2D eigenvalue weighted by atomic mass is 32.2. The summed E-state index contributed by atoms with van der Waals surface area (Å²) in [6, 6.07) is -0.181. The van der Waals surface area contributed by atoms with E-state index in [2.05, 4.69) is 12.3 Å². The van der Waals surface area contributed by atoms with E-state index in [1.165, 1.54) is 6.26 Å². The lowest BCUT2D eigenvalue weighted by Crippen LogP contribution is -2.53. The van der Waals surface area contributed by atoms with Gasteiger partial charge in [0.05, 0.1) is 4.75 Å². The van der Waals surface area contributed by atoms with Gasteiger partial charge in [-0.05, 0) is 20.3 Å². The van der Waals surface area contributed by atoms with E-state index in [4.69, 9.17) is 5.84 Å². The molecule has 0 spiro atoms. The number of hydrogen-bond donors (Lipinski definition) is 2. The van der Waals surface area contributed by atoms with Crippen molar-refractivity contribution in [1.82, 2.24) is 5.43 Å². The van der Waals surface area contributed by atoms with E-state index in [1.54, 1.807) is 13.8 Å². The fourth-order valence-corrected chi connectivity index (χ4v) is 2.19. The van der Waals surface area contributed by atoms with Gasteiger partial charge in [0, 0.05) is 12.3 Å². The van der Waals surface area contributed by atoms with E-state index in [0.717, 1.165) is 25.7 Å². The lowest BCUT2D eigenvalue weighted by Gasteiger charge is -2.32. The zero-order valence-corrected chi connectivity index (χ0v) is 11.0. The van der Waals surface area contributed by atoms with E-state index in [1.807, 2.05) is 0 Å². The summed E-state index contributed by atoms with van der Waals surface area (Å²) in [5.41, 5.74) is 2.63. The highest BCUT2D eigenvalue weighted by molar-refractivity contribution is 7.92. The minimum Gasteiger partial charge on any atom is -0.271 e. The van der Waals surface area contributed by atoms with Crippen molar-refractivity contribution >= 4 is 9.84 Å². The fraction of sp³-hybridized carbons (Fsp3) is 1.00. The standard InChI is InChI=1S/C10H24N2O2S/c1-5-6-7-8-9(12-11)10(2,3)15(4,13)14/h9,12H,5-8,11H2,1-4H3. The molecule has 0 heterocycles. The first kappa shape index (κ1) is 14.9. The van der Waals surface area contributed by atoms with Gasteiger partial charge in [-0.1, -0.05) is 26.2 Å². The molecular formula is C10H24N2O2S. The molecule has 0 saturated heterocycles. The predicted molar refractivity (Wildman–Crippen MR) is 64.2 cm³/mol. The van der Waals surface area contributed by atoms with Crippen LogP contribution in [0.5, 0.6) is 0 Å². The summed E-state index contributed by atoms with van der Waals surface area (Å²) < 4.78 is 22.4. The second-order valence-corrected chi connectivity index (χ2v) is 7.19. The SMILES string of the molecule is CCCCCC(NN)C(C)(C)S(C)(=O)=O. The van der Waals surface area contributed by atoms with Crippen LogP contribution in [0, 0.1) is 0 Å². The lowest BCUT2D eigenvalue weighted by molar-refractivity contribution is 0.382. The normalized spacial score (nSPS) is 15.3. The molecule has 4 nitrogen and oxygen atoms in total. The van der Waals surface area contributed by atoms with Gasteiger partial charge >= 0.3 is 0 Å². The van der Waals surface area contributed by atoms with Crippen molar-refractivity contribution in [2.45, 2.75) is 57.2 Å². The topological polar surface area (TPSA) is 72.2 Å². The molecule has 0 amide bonds. The molecule has 3 N–H and O–H groups in total. The summed E-state index contributed by atoms with van der Waals surface area (Å²) in [6.45, 7) is 5.56. The van der Waals surface area contributed by atoms with Gasteiger partial charge in [0.1, 0.15) is 0 Å². The molecule has 1 unspecified atom stereocenters. The summed E-state index contributed by atoms with van der Waals surface area (Å²) in [6.07, 6.45) is 5.29. The van der Waals surface area contributed by atoms with Gasteiger partial charge in [-0.2, -0.15) is 0 Å². The zero-order chi connectivity index (χ0) is 12.1. The number of hydrogen-bond acceptors (Lipinski definition) is 4. The minimum atomic E-state index is -3.09. The summed E-state index contributed by atoms with van der Waals surface area (Å²) in [5, 5.41) is 0. The number of sulfone groups is 1. The first-order valence-corrected chi connectivity index (χ1v) is 7.32. The molecule has 0 bridgehead atoms. The molecule has 1 atom stereocenters. The maximum atomic E-state index is 11.6. The second-order valence-electron chi connectivity index (χ2n) is 4.59. The van der Waals surface area contributed by atoms with E-state index < -0.39 is 14.6 Å². The third-order valence-corrected chi connectivity index (χ3v) is 5.29. The van der Waals surface area contributed by atoms with Crippen LogP contribution < -0.4 is 11.3 Å². The molecule has 0 aromatic carbocycles. The van der Waals surface area contributed by atoms with E-state index >= 15 is 0 Å². The van der Waals surface area contributed by atoms with Gasteiger partial charge in [-0.3, -0.25) is 11.3 Å². The molecule has 0 aliphatic rings. The molecule has 92 valence electrons. The molecule has 15 heavy (non-hydrogen) atoms. The number of nitrogens with two attached hydrogens (primary N) is 1. The number of rotatable bonds is 7. The van der Waals surface area contributed by atoms with Crippen molar-refractivity contribution in [2.24, 2.45) is 5.84 Å². The van der Waals surface area contributed by atoms with Crippen molar-refractivity contribution in [1.29, 1.82) is 0 Å². The molecule has 0 aliphatic carbocycles. The molecular weight excluding hydrogens is 212 g/mol. The Kier molecular flexibility index (Phi) is 5.77. The van der Waals surface area contributed by atoms with Gasteiger partial charge in [-0.25, -0.2) is 8.42 Å². The maximum Gasteiger partial charge on any atom is 0.154 e. The summed E-state index contributed by atoms with van der Waals surface area (Å²) in [7, 11) is -3.09. The second kappa shape index (κ2) is 5.82. The Hall–Kier alpha value is -0.130. The van der Waals surface area contributed by atoms with Crippen LogP contribution in [-0.4, -0.2) is 25.5 Å². The van der Waals surface area contributed by atoms with Crippen LogP contribution >= 0.6 is 0 Å². The number of hydrazine groups is 1. The molecule has 5 heteroatoms. The molecule has 0 aromatic rings. The molecule has 0 aliphatic heterocycles. The highest BCUT2D eigenvalue weighted by Gasteiger charge is 2.37. The van der Waals surface area contributed by atoms with Crippen LogP contribution in [0.25, 0.3) is 0 Å². The van der Waals surface area contributed by atoms with Gasteiger partial charge in [0.25, 0.3) is 0 Å². The lowest BCUT2D eigenvalue weighted by atomic mass is 9.97. The third kappa shape index (κ3) is 4.09. The van der Waals surface area contributed by atoms with Crippen LogP contribution in [0.2, 0.25) is 0 Å². The molecule has 0 aromatic heterocycles. The Bertz CT molecular complexity index is 273. The minimum absolute atomic E-state index is 0.181. The highest BCUT2D eigenvalue weighted by Crippen LogP contribution is 2.23. The van der Waals surface area contributed by atoms with Crippen molar-refractivity contribution in [2.75, 3.05) is 6.26 Å². The van der Waals surface area contributed by atoms with Gasteiger partial charge in [-0.15, -0.1) is 0 Å². The number of unbranched alkanes of at least 4 members (excludes halogenated alkanes) is 2. The van der Waals surface area contributed by atoms with Crippen molar-refractivity contribution < 1.29 is 8.42 Å². The van der Waals surface area contributed by atoms with Crippen LogP contribution in [0.1, 0.15) is 46.5 Å². The van der Waals surface area contributed by atoms with Gasteiger partial charge in [0.2, 0.25) is 0 Å². The molecule has 0 saturated carbocycles. The Morgan fingerprint density at radius 2 is 1.87 bits per heavy atom. The van der Waals surface area contributed by atoms with Crippen LogP contribution in [0.15, 0.2) is 0 Å². The average Bonchev–Trinajstić information content (AvgIpc) is 2.10. The molecule has 0 rings (SSSR count). The Balaban J connectivity index is 4.52. The Labute approximate surface area is 93.5 Å². The van der Waals surface area contributed by atoms with Gasteiger partial charge in [0.15, 0.2) is 9.84 Å². The van der Waals surface area contributed by atoms with E-state index in [9.17, 15) is 8.42 Å². The molecule has 0 fully saturated rings. The summed E-state index contributed by atoms with van der Waals surface area (Å²) in [4.78, 5) is 0. The third-order valence-electron chi connectivity index (χ3n) is 3.09. The first-order chi connectivity index (χ1) is 6.77. The maximum absolute atomic E-state index is 11.6. The summed E-state index contributed by atoms with van der Waals surface area (Å²) in [5.74, 6) is 5.42. The van der Waals surface area contributed by atoms with Crippen molar-refractivity contribution in [3.8, 4) is 0 Å². The Morgan fingerprint density at radius 1 is 1.33 bits per heavy atom. The average molecular weight is 236 g/mol. The quantitative estimate of drug-likeness (QED) is 0.396. The van der Waals surface area contributed by atoms with E-state index in [-0.39, 0.29) is 6.04 Å². The smallest absolute Gasteiger partial charge is 0.154 e. The van der Waals surface area contributed by atoms with Crippen molar-refractivity contribution in [3.63, 3.8) is 0 Å². The largest absolute Gasteiger partial charge is 0.271 e. The Morgan fingerprint density at radius 3 is 2.20 bits per heavy atom. The first-order valence-electron chi connectivity index (χ1n) is 5.43. The summed E-state index contributed by atoms with van der Waals surface area (Å²) >= 11 is 0. The predicted octanol–water partition coefficient (Wildman–Crippen LogP) is 1.22.